The van der Waals surface area contributed by atoms with Crippen LogP contribution < -0.4 is 5.32 Å². The number of esters is 1. The lowest BCUT2D eigenvalue weighted by molar-refractivity contribution is 0.0606. The van der Waals surface area contributed by atoms with Crippen molar-refractivity contribution in [2.24, 2.45) is 0 Å². The first-order valence-electron chi connectivity index (χ1n) is 5.75. The van der Waals surface area contributed by atoms with E-state index in [4.69, 9.17) is 16.3 Å². The lowest BCUT2D eigenvalue weighted by Crippen LogP contribution is -2.05. The molecule has 7 heteroatoms. The minimum Gasteiger partial charge on any atom is -0.465 e. The average molecular weight is 293 g/mol. The molecule has 0 atom stereocenters. The molecular weight excluding hydrogens is 276 g/mol. The molecule has 1 aromatic heterocycles. The number of hydrogen-bond donors (Lipinski definition) is 1. The van der Waals surface area contributed by atoms with Gasteiger partial charge in [-0.05, 0) is 12.8 Å². The quantitative estimate of drug-likeness (QED) is 0.590. The van der Waals surface area contributed by atoms with Crippen LogP contribution in [-0.2, 0) is 9.47 Å². The van der Waals surface area contributed by atoms with Gasteiger partial charge in [0.1, 0.15) is 0 Å². The maximum atomic E-state index is 11.3. The number of hydrogen-bond acceptors (Lipinski definition) is 6. The molecule has 5 nitrogen and oxygen atoms in total. The van der Waals surface area contributed by atoms with Gasteiger partial charge in [-0.2, -0.15) is 0 Å². The van der Waals surface area contributed by atoms with Crippen LogP contribution in [0, 0.1) is 0 Å². The highest BCUT2D eigenvalue weighted by atomic mass is 35.5. The fourth-order valence-electron chi connectivity index (χ4n) is 1.21. The van der Waals surface area contributed by atoms with Gasteiger partial charge in [0.05, 0.1) is 7.11 Å². The number of ether oxygens (including phenoxy) is 2. The smallest absolute Gasteiger partial charge is 0.351 e. The third-order valence-corrected chi connectivity index (χ3v) is 3.43. The van der Waals surface area contributed by atoms with Crippen molar-refractivity contribution < 1.29 is 14.3 Å². The third-order valence-electron chi connectivity index (χ3n) is 2.05. The lowest BCUT2D eigenvalue weighted by Gasteiger charge is -2.03. The van der Waals surface area contributed by atoms with Gasteiger partial charge in [0, 0.05) is 19.8 Å². The Balaban J connectivity index is 2.33. The molecule has 0 bridgehead atoms. The Morgan fingerprint density at radius 2 is 2.28 bits per heavy atom. The van der Waals surface area contributed by atoms with E-state index < -0.39 is 5.97 Å². The number of rotatable bonds is 8. The largest absolute Gasteiger partial charge is 0.465 e. The second-order valence-electron chi connectivity index (χ2n) is 3.52. The number of thiazole rings is 1. The van der Waals surface area contributed by atoms with Crippen molar-refractivity contribution in [2.45, 2.75) is 19.8 Å². The van der Waals surface area contributed by atoms with Gasteiger partial charge in [0.15, 0.2) is 15.2 Å². The van der Waals surface area contributed by atoms with Gasteiger partial charge in [-0.15, -0.1) is 0 Å². The van der Waals surface area contributed by atoms with E-state index in [2.05, 4.69) is 22.0 Å². The van der Waals surface area contributed by atoms with Crippen molar-refractivity contribution in [1.82, 2.24) is 4.98 Å². The standard InChI is InChI=1S/C11H17ClN2O3S/c1-3-6-17-7-4-5-13-11-14-9(12)8(18-11)10(15)16-2/h3-7H2,1-2H3,(H,13,14). The lowest BCUT2D eigenvalue weighted by atomic mass is 10.4. The molecule has 0 spiro atoms. The number of aromatic nitrogens is 1. The Morgan fingerprint density at radius 1 is 1.50 bits per heavy atom. The Labute approximate surface area is 115 Å². The molecule has 18 heavy (non-hydrogen) atoms. The number of methoxy groups -OCH3 is 1. The minimum absolute atomic E-state index is 0.177. The first kappa shape index (κ1) is 15.2. The first-order chi connectivity index (χ1) is 8.69. The zero-order chi connectivity index (χ0) is 13.4. The van der Waals surface area contributed by atoms with Crippen molar-refractivity contribution in [3.05, 3.63) is 10.0 Å². The Kier molecular flexibility index (Phi) is 7.00. The zero-order valence-electron chi connectivity index (χ0n) is 10.5. The molecule has 0 aliphatic carbocycles. The third kappa shape index (κ3) is 4.80. The molecule has 1 aromatic rings. The van der Waals surface area contributed by atoms with Gasteiger partial charge in [-0.1, -0.05) is 29.9 Å². The van der Waals surface area contributed by atoms with Gasteiger partial charge in [-0.3, -0.25) is 0 Å². The monoisotopic (exact) mass is 292 g/mol. The number of nitrogens with zero attached hydrogens (tertiary/aromatic N) is 1. The molecule has 0 aliphatic rings. The molecule has 0 fully saturated rings. The molecular formula is C11H17ClN2O3S. The Morgan fingerprint density at radius 3 is 2.94 bits per heavy atom. The summed E-state index contributed by atoms with van der Waals surface area (Å²) in [7, 11) is 1.32. The van der Waals surface area contributed by atoms with Crippen LogP contribution in [0.15, 0.2) is 0 Å². The molecule has 102 valence electrons. The van der Waals surface area contributed by atoms with Crippen LogP contribution in [0.4, 0.5) is 5.13 Å². The van der Waals surface area contributed by atoms with E-state index in [0.717, 1.165) is 26.0 Å². The maximum absolute atomic E-state index is 11.3. The fraction of sp³-hybridized carbons (Fsp3) is 0.636. The first-order valence-corrected chi connectivity index (χ1v) is 6.94. The van der Waals surface area contributed by atoms with Gasteiger partial charge >= 0.3 is 5.97 Å². The molecule has 1 rings (SSSR count). The molecule has 1 N–H and O–H groups in total. The SMILES string of the molecule is CCCOCCCNc1nc(Cl)c(C(=O)OC)s1. The highest BCUT2D eigenvalue weighted by Gasteiger charge is 2.16. The van der Waals surface area contributed by atoms with E-state index in [0.29, 0.717) is 16.6 Å². The van der Waals surface area contributed by atoms with Crippen LogP contribution in [0.5, 0.6) is 0 Å². The highest BCUT2D eigenvalue weighted by Crippen LogP contribution is 2.27. The van der Waals surface area contributed by atoms with Crippen molar-refractivity contribution in [3.63, 3.8) is 0 Å². The van der Waals surface area contributed by atoms with Crippen molar-refractivity contribution >= 4 is 34.0 Å². The van der Waals surface area contributed by atoms with E-state index in [-0.39, 0.29) is 5.15 Å². The minimum atomic E-state index is -0.461. The Bertz CT molecular complexity index is 384. The van der Waals surface area contributed by atoms with Gasteiger partial charge < -0.3 is 14.8 Å². The van der Waals surface area contributed by atoms with Crippen LogP contribution in [0.2, 0.25) is 5.15 Å². The number of halogens is 1. The topological polar surface area (TPSA) is 60.5 Å². The van der Waals surface area contributed by atoms with Crippen LogP contribution in [0.3, 0.4) is 0 Å². The summed E-state index contributed by atoms with van der Waals surface area (Å²) in [5.74, 6) is -0.461. The van der Waals surface area contributed by atoms with Crippen molar-refractivity contribution in [3.8, 4) is 0 Å². The van der Waals surface area contributed by atoms with Crippen LogP contribution in [0.1, 0.15) is 29.4 Å². The van der Waals surface area contributed by atoms with Crippen LogP contribution in [-0.4, -0.2) is 37.8 Å². The summed E-state index contributed by atoms with van der Waals surface area (Å²) in [6.07, 6.45) is 1.91. The molecule has 0 amide bonds. The molecule has 0 unspecified atom stereocenters. The summed E-state index contributed by atoms with van der Waals surface area (Å²) >= 11 is 7.02. The van der Waals surface area contributed by atoms with E-state index >= 15 is 0 Å². The average Bonchev–Trinajstić information content (AvgIpc) is 2.74. The van der Waals surface area contributed by atoms with Crippen LogP contribution >= 0.6 is 22.9 Å². The predicted molar refractivity (Wildman–Crippen MR) is 72.7 cm³/mol. The summed E-state index contributed by atoms with van der Waals surface area (Å²) in [5, 5.41) is 3.90. The molecule has 0 saturated carbocycles. The predicted octanol–water partition coefficient (Wildman–Crippen LogP) is 2.81. The number of carbonyl (C=O) groups excluding carboxylic acids is 1. The summed E-state index contributed by atoms with van der Waals surface area (Å²) in [6, 6.07) is 0. The van der Waals surface area contributed by atoms with Crippen LogP contribution in [0.25, 0.3) is 0 Å². The normalized spacial score (nSPS) is 10.4. The zero-order valence-corrected chi connectivity index (χ0v) is 12.1. The molecule has 0 aliphatic heterocycles. The second kappa shape index (κ2) is 8.29. The molecule has 0 saturated heterocycles. The van der Waals surface area contributed by atoms with E-state index in [1.807, 2.05) is 0 Å². The van der Waals surface area contributed by atoms with Crippen molar-refractivity contribution in [2.75, 3.05) is 32.2 Å². The molecule has 0 radical (unpaired) electrons. The van der Waals surface area contributed by atoms with E-state index in [1.165, 1.54) is 18.4 Å². The number of carbonyl (C=O) groups is 1. The summed E-state index contributed by atoms with van der Waals surface area (Å²) in [4.78, 5) is 15.7. The van der Waals surface area contributed by atoms with Gasteiger partial charge in [0.2, 0.25) is 0 Å². The van der Waals surface area contributed by atoms with Gasteiger partial charge in [-0.25, -0.2) is 9.78 Å². The highest BCUT2D eigenvalue weighted by molar-refractivity contribution is 7.18. The molecule has 1 heterocycles. The second-order valence-corrected chi connectivity index (χ2v) is 4.88. The van der Waals surface area contributed by atoms with E-state index in [1.54, 1.807) is 0 Å². The maximum Gasteiger partial charge on any atom is 0.351 e. The number of anilines is 1. The summed E-state index contributed by atoms with van der Waals surface area (Å²) in [6.45, 7) is 4.30. The van der Waals surface area contributed by atoms with Gasteiger partial charge in [0.25, 0.3) is 0 Å². The van der Waals surface area contributed by atoms with Crippen molar-refractivity contribution in [1.29, 1.82) is 0 Å². The number of nitrogens with one attached hydrogen (secondary N) is 1. The molecule has 0 aromatic carbocycles. The summed E-state index contributed by atoms with van der Waals surface area (Å²) in [5.41, 5.74) is 0. The Hall–Kier alpha value is -0.850. The summed E-state index contributed by atoms with van der Waals surface area (Å²) < 4.78 is 9.95. The van der Waals surface area contributed by atoms with E-state index in [9.17, 15) is 4.79 Å². The fourth-order valence-corrected chi connectivity index (χ4v) is 2.34.